The van der Waals surface area contributed by atoms with Crippen molar-refractivity contribution in [2.45, 2.75) is 25.7 Å². The molecule has 1 aliphatic rings. The molecule has 38 heavy (non-hydrogen) atoms. The van der Waals surface area contributed by atoms with Crippen molar-refractivity contribution in [2.24, 2.45) is 5.92 Å². The number of rotatable bonds is 9. The van der Waals surface area contributed by atoms with Gasteiger partial charge in [0.15, 0.2) is 0 Å². The molecule has 3 N–H and O–H groups in total. The Morgan fingerprint density at radius 1 is 0.921 bits per heavy atom. The third kappa shape index (κ3) is 6.35. The van der Waals surface area contributed by atoms with E-state index in [1.54, 1.807) is 29.2 Å². The van der Waals surface area contributed by atoms with Gasteiger partial charge < -0.3 is 25.0 Å². The van der Waals surface area contributed by atoms with Gasteiger partial charge in [-0.1, -0.05) is 34.8 Å². The van der Waals surface area contributed by atoms with Crippen molar-refractivity contribution in [3.8, 4) is 16.9 Å². The topological polar surface area (TPSA) is 94.8 Å². The molecule has 10 heteroatoms. The molecule has 1 saturated heterocycles. The number of aromatic nitrogens is 1. The molecule has 0 aliphatic carbocycles. The first kappa shape index (κ1) is 28.5. The predicted octanol–water partition coefficient (Wildman–Crippen LogP) is 4.99. The van der Waals surface area contributed by atoms with Gasteiger partial charge >= 0.3 is 0 Å². The molecule has 1 aromatic heterocycles. The first-order valence-corrected chi connectivity index (χ1v) is 13.7. The number of likely N-dealkylation sites (tertiary alicyclic amines) is 1. The van der Waals surface area contributed by atoms with Crippen LogP contribution in [0.3, 0.4) is 0 Å². The number of amides is 2. The van der Waals surface area contributed by atoms with E-state index in [1.807, 2.05) is 28.8 Å². The Balaban J connectivity index is 1.74. The van der Waals surface area contributed by atoms with E-state index in [2.05, 4.69) is 5.32 Å². The summed E-state index contributed by atoms with van der Waals surface area (Å²) in [5, 5.41) is 22.9. The molecule has 0 spiro atoms. The van der Waals surface area contributed by atoms with Crippen LogP contribution in [0.5, 0.6) is 0 Å². The SMILES string of the molecule is O=C(NCCO)C1CCN(C(=O)c2cc(-c3ccc(Cl)cc3Cl)n(-c3ccc(Cl)cc3)c2CCCO)CC1. The third-order valence-electron chi connectivity index (χ3n) is 6.76. The van der Waals surface area contributed by atoms with Crippen LogP contribution in [0.4, 0.5) is 0 Å². The van der Waals surface area contributed by atoms with Gasteiger partial charge in [-0.2, -0.15) is 0 Å². The van der Waals surface area contributed by atoms with Crippen molar-refractivity contribution in [3.05, 3.63) is 74.9 Å². The maximum atomic E-state index is 13.9. The molecular formula is C28H30Cl3N3O4. The Kier molecular flexibility index (Phi) is 9.74. The van der Waals surface area contributed by atoms with Gasteiger partial charge in [0, 0.05) is 59.1 Å². The van der Waals surface area contributed by atoms with Crippen LogP contribution in [-0.4, -0.2) is 64.3 Å². The van der Waals surface area contributed by atoms with Crippen molar-refractivity contribution in [2.75, 3.05) is 32.8 Å². The highest BCUT2D eigenvalue weighted by atomic mass is 35.5. The van der Waals surface area contributed by atoms with Gasteiger partial charge in [0.25, 0.3) is 5.91 Å². The number of hydrogen-bond acceptors (Lipinski definition) is 4. The molecule has 1 aliphatic heterocycles. The van der Waals surface area contributed by atoms with E-state index in [4.69, 9.17) is 39.9 Å². The number of carbonyl (C=O) groups is 2. The van der Waals surface area contributed by atoms with Crippen molar-refractivity contribution >= 4 is 46.6 Å². The van der Waals surface area contributed by atoms with Gasteiger partial charge in [-0.25, -0.2) is 0 Å². The number of carbonyl (C=O) groups excluding carboxylic acids is 2. The molecule has 2 heterocycles. The van der Waals surface area contributed by atoms with Crippen LogP contribution in [0.2, 0.25) is 15.1 Å². The summed E-state index contributed by atoms with van der Waals surface area (Å²) in [6.07, 6.45) is 2.02. The Bertz CT molecular complexity index is 1290. The number of piperidine rings is 1. The monoisotopic (exact) mass is 577 g/mol. The van der Waals surface area contributed by atoms with Crippen molar-refractivity contribution in [3.63, 3.8) is 0 Å². The summed E-state index contributed by atoms with van der Waals surface area (Å²) in [5.74, 6) is -0.420. The van der Waals surface area contributed by atoms with Gasteiger partial charge in [0.1, 0.15) is 0 Å². The Morgan fingerprint density at radius 3 is 2.24 bits per heavy atom. The molecule has 3 aromatic rings. The highest BCUT2D eigenvalue weighted by Crippen LogP contribution is 2.37. The maximum absolute atomic E-state index is 13.9. The molecule has 7 nitrogen and oxygen atoms in total. The van der Waals surface area contributed by atoms with E-state index in [0.29, 0.717) is 59.4 Å². The van der Waals surface area contributed by atoms with Gasteiger partial charge in [-0.3, -0.25) is 9.59 Å². The average Bonchev–Trinajstić information content (AvgIpc) is 3.29. The van der Waals surface area contributed by atoms with Gasteiger partial charge in [0.05, 0.1) is 22.9 Å². The minimum atomic E-state index is -0.193. The van der Waals surface area contributed by atoms with Crippen molar-refractivity contribution in [1.82, 2.24) is 14.8 Å². The normalized spacial score (nSPS) is 14.1. The lowest BCUT2D eigenvalue weighted by Crippen LogP contribution is -2.43. The third-order valence-corrected chi connectivity index (χ3v) is 7.56. The highest BCUT2D eigenvalue weighted by molar-refractivity contribution is 6.36. The fourth-order valence-electron chi connectivity index (χ4n) is 4.85. The lowest BCUT2D eigenvalue weighted by Gasteiger charge is -2.31. The molecule has 2 aromatic carbocycles. The van der Waals surface area contributed by atoms with Gasteiger partial charge in [-0.05, 0) is 74.2 Å². The Labute approximate surface area is 236 Å². The zero-order valence-corrected chi connectivity index (χ0v) is 23.1. The summed E-state index contributed by atoms with van der Waals surface area (Å²) in [6, 6.07) is 14.4. The number of aliphatic hydroxyl groups is 2. The van der Waals surface area contributed by atoms with Crippen LogP contribution < -0.4 is 5.32 Å². The maximum Gasteiger partial charge on any atom is 0.255 e. The number of aliphatic hydroxyl groups excluding tert-OH is 2. The van der Waals surface area contributed by atoms with Crippen LogP contribution in [0.15, 0.2) is 48.5 Å². The summed E-state index contributed by atoms with van der Waals surface area (Å²) >= 11 is 18.9. The summed E-state index contributed by atoms with van der Waals surface area (Å²) in [5.41, 5.74) is 3.53. The summed E-state index contributed by atoms with van der Waals surface area (Å²) in [6.45, 7) is 0.979. The van der Waals surface area contributed by atoms with Crippen LogP contribution in [0, 0.1) is 5.92 Å². The Morgan fingerprint density at radius 2 is 1.61 bits per heavy atom. The van der Waals surface area contributed by atoms with Gasteiger partial charge in [0.2, 0.25) is 5.91 Å². The standard InChI is InChI=1S/C28H30Cl3N3O4/c29-19-3-6-21(7-4-19)34-25(2-1-14-35)23(17-26(34)22-8-5-20(30)16-24(22)31)28(38)33-12-9-18(10-13-33)27(37)32-11-15-36/h3-8,16-18,35-36H,1-2,9-15H2,(H,32,37). The second kappa shape index (κ2) is 13.0. The van der Waals surface area contributed by atoms with E-state index in [1.165, 1.54) is 0 Å². The molecule has 4 rings (SSSR count). The molecular weight excluding hydrogens is 549 g/mol. The summed E-state index contributed by atoms with van der Waals surface area (Å²) < 4.78 is 1.99. The number of halogens is 3. The molecule has 0 unspecified atom stereocenters. The molecule has 0 radical (unpaired) electrons. The zero-order chi connectivity index (χ0) is 27.2. The van der Waals surface area contributed by atoms with E-state index >= 15 is 0 Å². The molecule has 2 amide bonds. The number of nitrogens with one attached hydrogen (secondary N) is 1. The van der Waals surface area contributed by atoms with Gasteiger partial charge in [-0.15, -0.1) is 0 Å². The first-order valence-electron chi connectivity index (χ1n) is 12.6. The first-order chi connectivity index (χ1) is 18.3. The largest absolute Gasteiger partial charge is 0.396 e. The average molecular weight is 579 g/mol. The minimum Gasteiger partial charge on any atom is -0.396 e. The molecule has 0 bridgehead atoms. The number of benzene rings is 2. The molecule has 0 saturated carbocycles. The predicted molar refractivity (Wildman–Crippen MR) is 150 cm³/mol. The van der Waals surface area contributed by atoms with Crippen LogP contribution in [0.25, 0.3) is 16.9 Å². The van der Waals surface area contributed by atoms with Crippen molar-refractivity contribution < 1.29 is 19.8 Å². The van der Waals surface area contributed by atoms with E-state index < -0.39 is 0 Å². The molecule has 0 atom stereocenters. The smallest absolute Gasteiger partial charge is 0.255 e. The lowest BCUT2D eigenvalue weighted by molar-refractivity contribution is -0.126. The summed E-state index contributed by atoms with van der Waals surface area (Å²) in [4.78, 5) is 28.0. The second-order valence-electron chi connectivity index (χ2n) is 9.23. The number of nitrogens with zero attached hydrogens (tertiary/aromatic N) is 2. The number of hydrogen-bond donors (Lipinski definition) is 3. The fraction of sp³-hybridized carbons (Fsp3) is 0.357. The highest BCUT2D eigenvalue weighted by Gasteiger charge is 2.31. The second-order valence-corrected chi connectivity index (χ2v) is 10.5. The summed E-state index contributed by atoms with van der Waals surface area (Å²) in [7, 11) is 0. The quantitative estimate of drug-likeness (QED) is 0.333. The van der Waals surface area contributed by atoms with Crippen LogP contribution in [0.1, 0.15) is 35.3 Å². The van der Waals surface area contributed by atoms with E-state index in [9.17, 15) is 14.7 Å². The van der Waals surface area contributed by atoms with Crippen molar-refractivity contribution in [1.29, 1.82) is 0 Å². The Hall–Kier alpha value is -2.55. The zero-order valence-electron chi connectivity index (χ0n) is 20.8. The minimum absolute atomic E-state index is 0.0230. The van der Waals surface area contributed by atoms with E-state index in [0.717, 1.165) is 22.6 Å². The van der Waals surface area contributed by atoms with Crippen LogP contribution >= 0.6 is 34.8 Å². The van der Waals surface area contributed by atoms with Crippen LogP contribution in [-0.2, 0) is 11.2 Å². The fourth-order valence-corrected chi connectivity index (χ4v) is 5.48. The molecule has 1 fully saturated rings. The van der Waals surface area contributed by atoms with E-state index in [-0.39, 0.29) is 37.5 Å². The lowest BCUT2D eigenvalue weighted by atomic mass is 9.95. The molecule has 202 valence electrons.